The molecule has 0 atom stereocenters. The lowest BCUT2D eigenvalue weighted by atomic mass is 10.0. The van der Waals surface area contributed by atoms with E-state index in [1.165, 1.54) is 7.11 Å². The fourth-order valence-corrected chi connectivity index (χ4v) is 5.37. The summed E-state index contributed by atoms with van der Waals surface area (Å²) < 4.78 is 4.50. The number of ether oxygens (including phenoxy) is 1. The summed E-state index contributed by atoms with van der Waals surface area (Å²) in [7, 11) is 1.37. The lowest BCUT2D eigenvalue weighted by Gasteiger charge is -2.27. The number of carbonyl (C=O) groups is 3. The van der Waals surface area contributed by atoms with Gasteiger partial charge in [-0.3, -0.25) is 0 Å². The summed E-state index contributed by atoms with van der Waals surface area (Å²) in [5.41, 5.74) is 5.96. The summed E-state index contributed by atoms with van der Waals surface area (Å²) >= 11 is 0. The average Bonchev–Trinajstić information content (AvgIpc) is 3.17. The summed E-state index contributed by atoms with van der Waals surface area (Å²) in [5, 5.41) is 16.2. The lowest BCUT2D eigenvalue weighted by Crippen LogP contribution is -2.14. The van der Waals surface area contributed by atoms with Crippen LogP contribution in [0.1, 0.15) is 56.0 Å². The Balaban J connectivity index is 0.000000435. The van der Waals surface area contributed by atoms with E-state index < -0.39 is 11.9 Å². The van der Waals surface area contributed by atoms with Gasteiger partial charge in [0, 0.05) is 22.3 Å². The van der Waals surface area contributed by atoms with Crippen molar-refractivity contribution >= 4 is 57.0 Å². The number of fused-ring (bicyclic) bond motifs is 1. The van der Waals surface area contributed by atoms with Crippen molar-refractivity contribution in [2.75, 3.05) is 12.0 Å². The first-order valence-electron chi connectivity index (χ1n) is 16.0. The normalized spacial score (nSPS) is 10.8. The van der Waals surface area contributed by atoms with Gasteiger partial charge >= 0.3 is 17.9 Å². The van der Waals surface area contributed by atoms with Crippen LogP contribution in [-0.2, 0) is 9.57 Å². The molecule has 0 saturated carbocycles. The minimum absolute atomic E-state index is 0.0308. The molecule has 6 aromatic carbocycles. The molecule has 0 radical (unpaired) electrons. The Labute approximate surface area is 296 Å². The molecule has 0 heterocycles. The minimum Gasteiger partial charge on any atom is -0.478 e. The van der Waals surface area contributed by atoms with Crippen LogP contribution in [0.2, 0.25) is 0 Å². The number of hydrogen-bond donors (Lipinski definition) is 1. The van der Waals surface area contributed by atoms with Gasteiger partial charge in [0.2, 0.25) is 0 Å². The van der Waals surface area contributed by atoms with Crippen molar-refractivity contribution in [1.82, 2.24) is 0 Å². The first-order chi connectivity index (χ1) is 24.7. The van der Waals surface area contributed by atoms with Crippen LogP contribution < -0.4 is 4.90 Å². The van der Waals surface area contributed by atoms with Crippen LogP contribution in [0, 0.1) is 0 Å². The van der Waals surface area contributed by atoms with E-state index >= 15 is 0 Å². The maximum absolute atomic E-state index is 12.5. The Morgan fingerprint density at radius 2 is 1.20 bits per heavy atom. The fourth-order valence-electron chi connectivity index (χ4n) is 5.37. The van der Waals surface area contributed by atoms with Crippen molar-refractivity contribution in [3.8, 4) is 0 Å². The van der Waals surface area contributed by atoms with E-state index in [9.17, 15) is 19.5 Å². The summed E-state index contributed by atoms with van der Waals surface area (Å²) in [6.45, 7) is 7.60. The average molecular weight is 677 g/mol. The van der Waals surface area contributed by atoms with E-state index in [4.69, 9.17) is 4.84 Å². The minimum atomic E-state index is -1.12. The van der Waals surface area contributed by atoms with Gasteiger partial charge in [0.25, 0.3) is 0 Å². The molecule has 0 aliphatic rings. The van der Waals surface area contributed by atoms with Crippen LogP contribution >= 0.6 is 0 Å². The number of oxime groups is 1. The van der Waals surface area contributed by atoms with Crippen molar-refractivity contribution in [3.05, 3.63) is 180 Å². The second kappa shape index (κ2) is 16.5. The zero-order valence-electron chi connectivity index (χ0n) is 28.4. The molecule has 0 aromatic heterocycles. The second-order valence-corrected chi connectivity index (χ2v) is 11.5. The molecular formula is C43H36N2O6. The Morgan fingerprint density at radius 1 is 0.627 bits per heavy atom. The zero-order valence-corrected chi connectivity index (χ0v) is 28.4. The van der Waals surface area contributed by atoms with Crippen molar-refractivity contribution in [3.63, 3.8) is 0 Å². The molecule has 1 N–H and O–H groups in total. The number of benzene rings is 6. The van der Waals surface area contributed by atoms with Gasteiger partial charge in [0.05, 0.1) is 35.2 Å². The summed E-state index contributed by atoms with van der Waals surface area (Å²) in [6, 6.07) is 44.6. The van der Waals surface area contributed by atoms with Gasteiger partial charge in [-0.05, 0) is 79.4 Å². The molecule has 8 heteroatoms. The monoisotopic (exact) mass is 676 g/mol. The summed E-state index contributed by atoms with van der Waals surface area (Å²) in [5.74, 6) is -2.04. The molecule has 254 valence electrons. The van der Waals surface area contributed by atoms with E-state index in [0.717, 1.165) is 33.3 Å². The van der Waals surface area contributed by atoms with Crippen molar-refractivity contribution in [2.45, 2.75) is 13.8 Å². The maximum Gasteiger partial charge on any atom is 0.365 e. The number of allylic oxidation sites excluding steroid dienone is 1. The van der Waals surface area contributed by atoms with Crippen molar-refractivity contribution < 1.29 is 29.1 Å². The quantitative estimate of drug-likeness (QED) is 0.0703. The van der Waals surface area contributed by atoms with E-state index in [1.54, 1.807) is 73.7 Å². The highest BCUT2D eigenvalue weighted by Gasteiger charge is 2.20. The van der Waals surface area contributed by atoms with Gasteiger partial charge in [-0.1, -0.05) is 108 Å². The molecule has 51 heavy (non-hydrogen) atoms. The van der Waals surface area contributed by atoms with Gasteiger partial charge in [0.15, 0.2) is 0 Å². The molecule has 0 saturated heterocycles. The topological polar surface area (TPSA) is 106 Å². The number of carboxylic acids is 1. The predicted octanol–water partition coefficient (Wildman–Crippen LogP) is 10.1. The first kappa shape index (κ1) is 35.5. The molecular weight excluding hydrogens is 640 g/mol. The molecule has 0 unspecified atom stereocenters. The van der Waals surface area contributed by atoms with Crippen LogP contribution in [0.15, 0.2) is 157 Å². The summed E-state index contributed by atoms with van der Waals surface area (Å²) in [6.07, 6.45) is 0. The SMILES string of the molecule is C=C(C)c1ccc(N(c2ccc(/C(C)=N\OC(=O)c3ccccc3)c(C(=O)O)c2)c2cccc3ccccc23)cc1.COC(=O)c1ccccc1. The third-order valence-corrected chi connectivity index (χ3v) is 7.98. The molecule has 0 aliphatic carbocycles. The standard InChI is InChI=1S/C35H28N2O4.C8H8O2/c1-23(2)25-16-18-28(19-17-25)37(33-15-9-13-26-10-7-8-14-31(26)33)29-20-21-30(32(22-29)34(38)39)24(3)36-41-35(40)27-11-5-4-6-12-27;1-10-8(9)7-5-3-2-4-6-7/h4-22H,1H2,2-3H3,(H,38,39);2-6H,1H3/b36-24-;. The van der Waals surface area contributed by atoms with E-state index in [1.807, 2.05) is 90.7 Å². The van der Waals surface area contributed by atoms with E-state index in [-0.39, 0.29) is 17.2 Å². The lowest BCUT2D eigenvalue weighted by molar-refractivity contribution is 0.0515. The summed E-state index contributed by atoms with van der Waals surface area (Å²) in [4.78, 5) is 42.8. The number of rotatable bonds is 9. The van der Waals surface area contributed by atoms with Crippen LogP contribution in [0.25, 0.3) is 16.3 Å². The van der Waals surface area contributed by atoms with Crippen molar-refractivity contribution in [1.29, 1.82) is 0 Å². The first-order valence-corrected chi connectivity index (χ1v) is 16.0. The largest absolute Gasteiger partial charge is 0.478 e. The molecule has 0 amide bonds. The molecule has 6 aromatic rings. The van der Waals surface area contributed by atoms with Gasteiger partial charge in [-0.15, -0.1) is 0 Å². The van der Waals surface area contributed by atoms with Gasteiger partial charge < -0.3 is 19.6 Å². The maximum atomic E-state index is 12.5. The molecule has 8 nitrogen and oxygen atoms in total. The van der Waals surface area contributed by atoms with Crippen LogP contribution in [0.5, 0.6) is 0 Å². The number of hydrogen-bond acceptors (Lipinski definition) is 7. The van der Waals surface area contributed by atoms with Gasteiger partial charge in [0.1, 0.15) is 0 Å². The molecule has 0 spiro atoms. The number of anilines is 3. The number of esters is 1. The van der Waals surface area contributed by atoms with Gasteiger partial charge in [-0.25, -0.2) is 14.4 Å². The predicted molar refractivity (Wildman–Crippen MR) is 202 cm³/mol. The van der Waals surface area contributed by atoms with Gasteiger partial charge in [-0.2, -0.15) is 0 Å². The number of carboxylic acid groups (broad SMARTS) is 1. The molecule has 6 rings (SSSR count). The number of carbonyl (C=O) groups excluding carboxylic acids is 2. The smallest absolute Gasteiger partial charge is 0.365 e. The highest BCUT2D eigenvalue weighted by molar-refractivity contribution is 6.09. The number of methoxy groups -OCH3 is 1. The Bertz CT molecular complexity index is 2210. The number of aromatic carboxylic acids is 1. The highest BCUT2D eigenvalue weighted by atomic mass is 16.7. The highest BCUT2D eigenvalue weighted by Crippen LogP contribution is 2.40. The number of nitrogens with zero attached hydrogens (tertiary/aromatic N) is 2. The zero-order chi connectivity index (χ0) is 36.3. The van der Waals surface area contributed by atoms with Crippen molar-refractivity contribution in [2.24, 2.45) is 5.16 Å². The van der Waals surface area contributed by atoms with Crippen LogP contribution in [0.3, 0.4) is 0 Å². The van der Waals surface area contributed by atoms with Crippen LogP contribution in [-0.4, -0.2) is 35.8 Å². The second-order valence-electron chi connectivity index (χ2n) is 11.5. The molecule has 0 aliphatic heterocycles. The van der Waals surface area contributed by atoms with Crippen LogP contribution in [0.4, 0.5) is 17.1 Å². The Kier molecular flexibility index (Phi) is 11.5. The molecule has 0 bridgehead atoms. The Hall–Kier alpha value is -6.80. The molecule has 0 fully saturated rings. The van der Waals surface area contributed by atoms with E-state index in [2.05, 4.69) is 16.5 Å². The fraction of sp³-hybridized carbons (Fsp3) is 0.0698. The Morgan fingerprint density at radius 3 is 1.80 bits per heavy atom. The third kappa shape index (κ3) is 8.63. The van der Waals surface area contributed by atoms with E-state index in [0.29, 0.717) is 22.4 Å². The third-order valence-electron chi connectivity index (χ3n) is 7.98.